The lowest BCUT2D eigenvalue weighted by Crippen LogP contribution is -2.17. The van der Waals surface area contributed by atoms with Crippen LogP contribution in [-0.4, -0.2) is 33.6 Å². The fourth-order valence-electron chi connectivity index (χ4n) is 2.48. The van der Waals surface area contributed by atoms with E-state index in [9.17, 15) is 4.79 Å². The number of hydrogen-bond donors (Lipinski definition) is 2. The summed E-state index contributed by atoms with van der Waals surface area (Å²) >= 11 is 19.3. The molecule has 0 aliphatic rings. The van der Waals surface area contributed by atoms with Crippen LogP contribution in [0.4, 0.5) is 5.69 Å². The highest BCUT2D eigenvalue weighted by Gasteiger charge is 2.17. The van der Waals surface area contributed by atoms with Crippen molar-refractivity contribution in [2.45, 2.75) is 12.1 Å². The number of benzene rings is 2. The minimum Gasteiger partial charge on any atom is -0.495 e. The predicted molar refractivity (Wildman–Crippen MR) is 118 cm³/mol. The monoisotopic (exact) mass is 471 g/mol. The third-order valence-corrected chi connectivity index (χ3v) is 5.82. The average molecular weight is 473 g/mol. The van der Waals surface area contributed by atoms with Crippen molar-refractivity contribution in [1.82, 2.24) is 14.9 Å². The number of nitrogens with one attached hydrogen (secondary N) is 1. The summed E-state index contributed by atoms with van der Waals surface area (Å²) in [6.45, 7) is 1.84. The number of halogens is 3. The van der Waals surface area contributed by atoms with Gasteiger partial charge in [0.1, 0.15) is 5.75 Å². The molecule has 0 unspecified atom stereocenters. The molecule has 2 aromatic carbocycles. The zero-order valence-electron chi connectivity index (χ0n) is 15.4. The molecule has 7 nitrogen and oxygen atoms in total. The smallest absolute Gasteiger partial charge is 0.234 e. The lowest BCUT2D eigenvalue weighted by Gasteiger charge is -2.12. The maximum absolute atomic E-state index is 12.4. The first-order chi connectivity index (χ1) is 13.8. The second kappa shape index (κ2) is 9.13. The van der Waals surface area contributed by atoms with Gasteiger partial charge < -0.3 is 15.9 Å². The fraction of sp³-hybridized carbons (Fsp3) is 0.167. The number of amides is 1. The van der Waals surface area contributed by atoms with E-state index in [-0.39, 0.29) is 11.7 Å². The van der Waals surface area contributed by atoms with Crippen LogP contribution in [-0.2, 0) is 4.79 Å². The quantitative estimate of drug-likeness (QED) is 0.400. The van der Waals surface area contributed by atoms with Gasteiger partial charge in [-0.3, -0.25) is 4.79 Å². The highest BCUT2D eigenvalue weighted by atomic mass is 35.5. The zero-order chi connectivity index (χ0) is 21.1. The van der Waals surface area contributed by atoms with Crippen LogP contribution in [0.3, 0.4) is 0 Å². The summed E-state index contributed by atoms with van der Waals surface area (Å²) in [6, 6.07) is 8.37. The van der Waals surface area contributed by atoms with E-state index in [2.05, 4.69) is 15.5 Å². The average Bonchev–Trinajstić information content (AvgIpc) is 3.03. The number of nitrogen functional groups attached to an aromatic ring is 1. The van der Waals surface area contributed by atoms with Crippen molar-refractivity contribution >= 4 is 58.2 Å². The van der Waals surface area contributed by atoms with Crippen LogP contribution in [0.15, 0.2) is 35.5 Å². The third-order valence-electron chi connectivity index (χ3n) is 3.92. The summed E-state index contributed by atoms with van der Waals surface area (Å²) in [6.07, 6.45) is 0. The van der Waals surface area contributed by atoms with Gasteiger partial charge in [0.25, 0.3) is 0 Å². The van der Waals surface area contributed by atoms with Crippen LogP contribution in [0.2, 0.25) is 15.1 Å². The minimum atomic E-state index is -0.260. The molecular formula is C18H16Cl3N5O2S. The standard InChI is InChI=1S/C18H16Cl3N5O2S/c1-9-5-14(15(28-2)7-12(9)20)23-16(27)8-29-18-25-24-17(26(18)22)11-4-3-10(19)6-13(11)21/h3-7H,8,22H2,1-2H3,(H,23,27). The lowest BCUT2D eigenvalue weighted by molar-refractivity contribution is -0.113. The molecule has 29 heavy (non-hydrogen) atoms. The zero-order valence-corrected chi connectivity index (χ0v) is 18.5. The molecule has 0 aliphatic heterocycles. The molecule has 11 heteroatoms. The van der Waals surface area contributed by atoms with Crippen LogP contribution in [0.25, 0.3) is 11.4 Å². The number of aromatic nitrogens is 3. The summed E-state index contributed by atoms with van der Waals surface area (Å²) in [5, 5.41) is 12.7. The van der Waals surface area contributed by atoms with Crippen molar-refractivity contribution in [3.8, 4) is 17.1 Å². The molecule has 1 amide bonds. The molecule has 0 saturated carbocycles. The summed E-state index contributed by atoms with van der Waals surface area (Å²) in [7, 11) is 1.51. The second-order valence-electron chi connectivity index (χ2n) is 5.94. The Morgan fingerprint density at radius 2 is 1.97 bits per heavy atom. The van der Waals surface area contributed by atoms with Gasteiger partial charge in [0, 0.05) is 21.7 Å². The van der Waals surface area contributed by atoms with Gasteiger partial charge in [-0.05, 0) is 36.8 Å². The summed E-state index contributed by atoms with van der Waals surface area (Å²) in [4.78, 5) is 12.4. The fourth-order valence-corrected chi connectivity index (χ4v) is 3.78. The summed E-state index contributed by atoms with van der Waals surface area (Å²) in [5.74, 6) is 6.72. The molecular weight excluding hydrogens is 457 g/mol. The molecule has 1 heterocycles. The van der Waals surface area contributed by atoms with Gasteiger partial charge in [-0.2, -0.15) is 0 Å². The second-order valence-corrected chi connectivity index (χ2v) is 8.13. The van der Waals surface area contributed by atoms with Crippen molar-refractivity contribution in [2.75, 3.05) is 24.0 Å². The number of carbonyl (C=O) groups excluding carboxylic acids is 1. The molecule has 1 aromatic heterocycles. The first-order valence-corrected chi connectivity index (χ1v) is 10.3. The molecule has 0 aliphatic carbocycles. The molecule has 152 valence electrons. The highest BCUT2D eigenvalue weighted by Crippen LogP contribution is 2.32. The van der Waals surface area contributed by atoms with Crippen molar-refractivity contribution in [3.63, 3.8) is 0 Å². The van der Waals surface area contributed by atoms with Crippen LogP contribution >= 0.6 is 46.6 Å². The molecule has 0 atom stereocenters. The van der Waals surface area contributed by atoms with Gasteiger partial charge in [-0.25, -0.2) is 4.68 Å². The van der Waals surface area contributed by atoms with E-state index >= 15 is 0 Å². The Balaban J connectivity index is 1.70. The van der Waals surface area contributed by atoms with Crippen LogP contribution in [0.5, 0.6) is 5.75 Å². The molecule has 3 aromatic rings. The first kappa shape index (κ1) is 21.6. The number of nitrogens with zero attached hydrogens (tertiary/aromatic N) is 3. The summed E-state index contributed by atoms with van der Waals surface area (Å²) < 4.78 is 6.54. The van der Waals surface area contributed by atoms with E-state index in [0.29, 0.717) is 43.0 Å². The molecule has 0 fully saturated rings. The number of methoxy groups -OCH3 is 1. The Kier molecular flexibility index (Phi) is 6.79. The van der Waals surface area contributed by atoms with E-state index in [1.165, 1.54) is 11.8 Å². The van der Waals surface area contributed by atoms with Gasteiger partial charge >= 0.3 is 0 Å². The van der Waals surface area contributed by atoms with Gasteiger partial charge in [0.15, 0.2) is 5.82 Å². The normalized spacial score (nSPS) is 10.8. The number of anilines is 1. The molecule has 0 saturated heterocycles. The minimum absolute atomic E-state index is 0.0640. The van der Waals surface area contributed by atoms with Crippen LogP contribution in [0, 0.1) is 6.92 Å². The molecule has 0 bridgehead atoms. The Labute approximate surface area is 186 Å². The lowest BCUT2D eigenvalue weighted by atomic mass is 10.2. The topological polar surface area (TPSA) is 95.1 Å². The number of carbonyl (C=O) groups is 1. The van der Waals surface area contributed by atoms with Crippen molar-refractivity contribution in [2.24, 2.45) is 0 Å². The number of ether oxygens (including phenoxy) is 1. The van der Waals surface area contributed by atoms with Gasteiger partial charge in [-0.1, -0.05) is 46.6 Å². The van der Waals surface area contributed by atoms with E-state index in [1.54, 1.807) is 30.3 Å². The van der Waals surface area contributed by atoms with Gasteiger partial charge in [0.2, 0.25) is 11.1 Å². The maximum Gasteiger partial charge on any atom is 0.234 e. The van der Waals surface area contributed by atoms with Crippen molar-refractivity contribution in [3.05, 3.63) is 51.0 Å². The van der Waals surface area contributed by atoms with E-state index in [4.69, 9.17) is 45.4 Å². The SMILES string of the molecule is COc1cc(Cl)c(C)cc1NC(=O)CSc1nnc(-c2ccc(Cl)cc2Cl)n1N. The Morgan fingerprint density at radius 1 is 1.21 bits per heavy atom. The largest absolute Gasteiger partial charge is 0.495 e. The number of rotatable bonds is 6. The van der Waals surface area contributed by atoms with Crippen molar-refractivity contribution in [1.29, 1.82) is 0 Å². The van der Waals surface area contributed by atoms with E-state index < -0.39 is 0 Å². The molecule has 0 spiro atoms. The van der Waals surface area contributed by atoms with Gasteiger partial charge in [0.05, 0.1) is 23.6 Å². The Morgan fingerprint density at radius 3 is 2.66 bits per heavy atom. The Hall–Kier alpha value is -2.13. The van der Waals surface area contributed by atoms with Crippen LogP contribution < -0.4 is 15.9 Å². The van der Waals surface area contributed by atoms with E-state index in [0.717, 1.165) is 17.3 Å². The predicted octanol–water partition coefficient (Wildman–Crippen LogP) is 4.67. The molecule has 3 N–H and O–H groups in total. The highest BCUT2D eigenvalue weighted by molar-refractivity contribution is 7.99. The maximum atomic E-state index is 12.4. The van der Waals surface area contributed by atoms with Gasteiger partial charge in [-0.15, -0.1) is 10.2 Å². The molecule has 0 radical (unpaired) electrons. The summed E-state index contributed by atoms with van der Waals surface area (Å²) in [5.41, 5.74) is 1.94. The number of aryl methyl sites for hydroxylation is 1. The number of thioether (sulfide) groups is 1. The Bertz CT molecular complexity index is 1070. The van der Waals surface area contributed by atoms with Crippen LogP contribution in [0.1, 0.15) is 5.56 Å². The third kappa shape index (κ3) is 4.90. The first-order valence-electron chi connectivity index (χ1n) is 8.23. The van der Waals surface area contributed by atoms with Crippen molar-refractivity contribution < 1.29 is 9.53 Å². The van der Waals surface area contributed by atoms with E-state index in [1.807, 2.05) is 6.92 Å². The molecule has 3 rings (SSSR count). The number of nitrogens with two attached hydrogens (primary N) is 1. The number of hydrogen-bond acceptors (Lipinski definition) is 6.